The van der Waals surface area contributed by atoms with E-state index < -0.39 is 0 Å². The summed E-state index contributed by atoms with van der Waals surface area (Å²) in [4.78, 5) is 4.49. The lowest BCUT2D eigenvalue weighted by molar-refractivity contribution is 0.124. The number of halogens is 2. The molecule has 0 radical (unpaired) electrons. The van der Waals surface area contributed by atoms with Gasteiger partial charge in [0.15, 0.2) is 0 Å². The van der Waals surface area contributed by atoms with Gasteiger partial charge in [-0.2, -0.15) is 0 Å². The van der Waals surface area contributed by atoms with Gasteiger partial charge in [-0.05, 0) is 49.6 Å². The molecule has 0 unspecified atom stereocenters. The summed E-state index contributed by atoms with van der Waals surface area (Å²) >= 11 is 6.73. The second-order valence-corrected chi connectivity index (χ2v) is 3.77. The molecule has 0 aromatic heterocycles. The number of hydrogen-bond acceptors (Lipinski definition) is 2. The number of hydrogen-bond donors (Lipinski definition) is 1. The van der Waals surface area contributed by atoms with Crippen molar-refractivity contribution in [2.24, 2.45) is 5.90 Å². The number of benzene rings is 1. The standard InChI is InChI=1S/C7H7Br2NO/c8-6-2-1-5(4-11-10)3-7(6)9/h1-3H,4,10H2. The van der Waals surface area contributed by atoms with Crippen LogP contribution in [0.25, 0.3) is 0 Å². The van der Waals surface area contributed by atoms with Crippen molar-refractivity contribution in [1.29, 1.82) is 0 Å². The van der Waals surface area contributed by atoms with Crippen LogP contribution in [0.1, 0.15) is 5.56 Å². The van der Waals surface area contributed by atoms with Gasteiger partial charge in [0.1, 0.15) is 0 Å². The van der Waals surface area contributed by atoms with Gasteiger partial charge in [-0.1, -0.05) is 6.07 Å². The highest BCUT2D eigenvalue weighted by atomic mass is 79.9. The van der Waals surface area contributed by atoms with Gasteiger partial charge in [0.05, 0.1) is 6.61 Å². The summed E-state index contributed by atoms with van der Waals surface area (Å²) in [5.74, 6) is 4.92. The largest absolute Gasteiger partial charge is 0.300 e. The molecule has 2 nitrogen and oxygen atoms in total. The molecule has 0 fully saturated rings. The van der Waals surface area contributed by atoms with Crippen molar-refractivity contribution < 1.29 is 4.84 Å². The monoisotopic (exact) mass is 279 g/mol. The first kappa shape index (κ1) is 9.19. The molecule has 0 aliphatic heterocycles. The predicted molar refractivity (Wildman–Crippen MR) is 50.8 cm³/mol. The first-order valence-electron chi connectivity index (χ1n) is 2.99. The van der Waals surface area contributed by atoms with Crippen LogP contribution in [-0.4, -0.2) is 0 Å². The highest BCUT2D eigenvalue weighted by molar-refractivity contribution is 9.13. The Morgan fingerprint density at radius 3 is 2.55 bits per heavy atom. The highest BCUT2D eigenvalue weighted by Crippen LogP contribution is 2.23. The summed E-state index contributed by atoms with van der Waals surface area (Å²) in [6, 6.07) is 5.84. The van der Waals surface area contributed by atoms with Crippen LogP contribution in [0.5, 0.6) is 0 Å². The highest BCUT2D eigenvalue weighted by Gasteiger charge is 1.97. The molecule has 0 aliphatic carbocycles. The van der Waals surface area contributed by atoms with E-state index in [0.717, 1.165) is 14.5 Å². The summed E-state index contributed by atoms with van der Waals surface area (Å²) in [6.07, 6.45) is 0. The molecular weight excluding hydrogens is 274 g/mol. The molecule has 0 amide bonds. The number of rotatable bonds is 2. The van der Waals surface area contributed by atoms with Gasteiger partial charge in [-0.3, -0.25) is 4.84 Å². The van der Waals surface area contributed by atoms with Gasteiger partial charge in [0.25, 0.3) is 0 Å². The van der Waals surface area contributed by atoms with Gasteiger partial charge in [-0.15, -0.1) is 0 Å². The van der Waals surface area contributed by atoms with Crippen molar-refractivity contribution in [2.75, 3.05) is 0 Å². The van der Waals surface area contributed by atoms with Crippen LogP contribution < -0.4 is 5.90 Å². The summed E-state index contributed by atoms with van der Waals surface area (Å²) in [7, 11) is 0. The van der Waals surface area contributed by atoms with Gasteiger partial charge in [-0.25, -0.2) is 5.90 Å². The Morgan fingerprint density at radius 2 is 2.00 bits per heavy atom. The normalized spacial score (nSPS) is 10.1. The maximum absolute atomic E-state index is 4.92. The average Bonchev–Trinajstić information content (AvgIpc) is 1.98. The molecule has 1 aromatic carbocycles. The topological polar surface area (TPSA) is 35.2 Å². The zero-order valence-electron chi connectivity index (χ0n) is 5.68. The van der Waals surface area contributed by atoms with Crippen LogP contribution in [-0.2, 0) is 11.4 Å². The zero-order valence-corrected chi connectivity index (χ0v) is 8.85. The van der Waals surface area contributed by atoms with Crippen LogP contribution in [0.2, 0.25) is 0 Å². The fourth-order valence-corrected chi connectivity index (χ4v) is 1.40. The molecule has 0 aliphatic rings. The van der Waals surface area contributed by atoms with Crippen LogP contribution in [0.4, 0.5) is 0 Å². The molecule has 0 spiro atoms. The van der Waals surface area contributed by atoms with E-state index in [1.165, 1.54) is 0 Å². The summed E-state index contributed by atoms with van der Waals surface area (Å²) < 4.78 is 2.03. The molecule has 4 heteroatoms. The predicted octanol–water partition coefficient (Wildman–Crippen LogP) is 2.60. The molecule has 11 heavy (non-hydrogen) atoms. The van der Waals surface area contributed by atoms with E-state index in [1.54, 1.807) is 0 Å². The third kappa shape index (κ3) is 2.56. The molecule has 0 saturated heterocycles. The average molecular weight is 281 g/mol. The lowest BCUT2D eigenvalue weighted by Gasteiger charge is -2.00. The van der Waals surface area contributed by atoms with E-state index in [1.807, 2.05) is 18.2 Å². The minimum atomic E-state index is 0.436. The Labute approximate surface area is 81.9 Å². The Kier molecular flexibility index (Phi) is 3.51. The van der Waals surface area contributed by atoms with Crippen molar-refractivity contribution in [3.63, 3.8) is 0 Å². The van der Waals surface area contributed by atoms with E-state index in [2.05, 4.69) is 36.7 Å². The summed E-state index contributed by atoms with van der Waals surface area (Å²) in [6.45, 7) is 0.436. The summed E-state index contributed by atoms with van der Waals surface area (Å²) in [5, 5.41) is 0. The van der Waals surface area contributed by atoms with Crippen LogP contribution in [0.3, 0.4) is 0 Å². The SMILES string of the molecule is NOCc1ccc(Br)c(Br)c1. The fourth-order valence-electron chi connectivity index (χ4n) is 0.726. The van der Waals surface area contributed by atoms with Crippen molar-refractivity contribution in [2.45, 2.75) is 6.61 Å². The minimum Gasteiger partial charge on any atom is -0.300 e. The van der Waals surface area contributed by atoms with E-state index in [0.29, 0.717) is 6.61 Å². The van der Waals surface area contributed by atoms with Crippen LogP contribution >= 0.6 is 31.9 Å². The quantitative estimate of drug-likeness (QED) is 0.846. The molecule has 2 N–H and O–H groups in total. The number of nitrogens with two attached hydrogens (primary N) is 1. The second kappa shape index (κ2) is 4.21. The maximum Gasteiger partial charge on any atom is 0.0930 e. The second-order valence-electron chi connectivity index (χ2n) is 2.06. The van der Waals surface area contributed by atoms with Crippen LogP contribution in [0, 0.1) is 0 Å². The van der Waals surface area contributed by atoms with Gasteiger partial charge >= 0.3 is 0 Å². The van der Waals surface area contributed by atoms with Gasteiger partial charge in [0.2, 0.25) is 0 Å². The van der Waals surface area contributed by atoms with E-state index in [9.17, 15) is 0 Å². The fraction of sp³-hybridized carbons (Fsp3) is 0.143. The molecule has 1 aromatic rings. The maximum atomic E-state index is 4.92. The van der Waals surface area contributed by atoms with Crippen molar-refractivity contribution in [1.82, 2.24) is 0 Å². The van der Waals surface area contributed by atoms with Crippen LogP contribution in [0.15, 0.2) is 27.1 Å². The Morgan fingerprint density at radius 1 is 1.27 bits per heavy atom. The first-order chi connectivity index (χ1) is 5.24. The smallest absolute Gasteiger partial charge is 0.0930 e. The Bertz CT molecular complexity index is 252. The molecule has 0 bridgehead atoms. The van der Waals surface area contributed by atoms with E-state index >= 15 is 0 Å². The Hall–Kier alpha value is 0.1000. The van der Waals surface area contributed by atoms with Crippen molar-refractivity contribution in [3.8, 4) is 0 Å². The van der Waals surface area contributed by atoms with Gasteiger partial charge in [0, 0.05) is 8.95 Å². The van der Waals surface area contributed by atoms with Crippen molar-refractivity contribution >= 4 is 31.9 Å². The van der Waals surface area contributed by atoms with E-state index in [4.69, 9.17) is 5.90 Å². The first-order valence-corrected chi connectivity index (χ1v) is 4.58. The van der Waals surface area contributed by atoms with Crippen molar-refractivity contribution in [3.05, 3.63) is 32.7 Å². The molecular formula is C7H7Br2NO. The third-order valence-corrected chi connectivity index (χ3v) is 3.11. The lowest BCUT2D eigenvalue weighted by Crippen LogP contribution is -1.98. The molecule has 0 atom stereocenters. The summed E-state index contributed by atoms with van der Waals surface area (Å²) in [5.41, 5.74) is 1.04. The third-order valence-electron chi connectivity index (χ3n) is 1.23. The molecule has 60 valence electrons. The Balaban J connectivity index is 2.86. The minimum absolute atomic E-state index is 0.436. The van der Waals surface area contributed by atoms with E-state index in [-0.39, 0.29) is 0 Å². The molecule has 1 rings (SSSR count). The van der Waals surface area contributed by atoms with Gasteiger partial charge < -0.3 is 0 Å². The molecule has 0 saturated carbocycles. The molecule has 0 heterocycles. The lowest BCUT2D eigenvalue weighted by atomic mass is 10.2. The zero-order chi connectivity index (χ0) is 8.27.